The Hall–Kier alpha value is -2.44. The minimum atomic E-state index is -0.753. The lowest BCUT2D eigenvalue weighted by atomic mass is 9.86. The van der Waals surface area contributed by atoms with Gasteiger partial charge in [0.15, 0.2) is 0 Å². The summed E-state index contributed by atoms with van der Waals surface area (Å²) in [5.74, 6) is -1.49. The van der Waals surface area contributed by atoms with E-state index in [-0.39, 0.29) is 36.1 Å². The number of amides is 2. The Kier molecular flexibility index (Phi) is 5.31. The minimum Gasteiger partial charge on any atom is -0.481 e. The van der Waals surface area contributed by atoms with Crippen molar-refractivity contribution >= 4 is 17.8 Å². The highest BCUT2D eigenvalue weighted by molar-refractivity contribution is 5.89. The molecule has 0 radical (unpaired) electrons. The van der Waals surface area contributed by atoms with Gasteiger partial charge in [0.1, 0.15) is 0 Å². The van der Waals surface area contributed by atoms with Crippen LogP contribution in [0.2, 0.25) is 0 Å². The Labute approximate surface area is 146 Å². The average molecular weight is 345 g/mol. The summed E-state index contributed by atoms with van der Waals surface area (Å²) in [6.45, 7) is 0.893. The molecule has 1 aliphatic heterocycles. The SMILES string of the molecule is O=C(O)C1CCC(NC(=O)C2CC(=O)N(Cc3cccnc3)C2)CC1. The number of likely N-dealkylation sites (tertiary alicyclic amines) is 1. The molecule has 1 aliphatic carbocycles. The Bertz CT molecular complexity index is 641. The van der Waals surface area contributed by atoms with Gasteiger partial charge in [-0.3, -0.25) is 19.4 Å². The van der Waals surface area contributed by atoms with Crippen LogP contribution < -0.4 is 5.32 Å². The summed E-state index contributed by atoms with van der Waals surface area (Å²) >= 11 is 0. The van der Waals surface area contributed by atoms with Crippen molar-refractivity contribution in [2.24, 2.45) is 11.8 Å². The Morgan fingerprint density at radius 1 is 1.24 bits per heavy atom. The largest absolute Gasteiger partial charge is 0.481 e. The Morgan fingerprint density at radius 2 is 2.00 bits per heavy atom. The predicted molar refractivity (Wildman–Crippen MR) is 89.3 cm³/mol. The first-order valence-electron chi connectivity index (χ1n) is 8.73. The molecule has 0 aromatic carbocycles. The molecule has 0 bridgehead atoms. The van der Waals surface area contributed by atoms with E-state index in [1.54, 1.807) is 17.3 Å². The molecule has 2 aliphatic rings. The Balaban J connectivity index is 1.49. The van der Waals surface area contributed by atoms with Gasteiger partial charge in [0.2, 0.25) is 11.8 Å². The molecule has 7 nitrogen and oxygen atoms in total. The maximum Gasteiger partial charge on any atom is 0.306 e. The Morgan fingerprint density at radius 3 is 2.64 bits per heavy atom. The quantitative estimate of drug-likeness (QED) is 0.835. The molecular formula is C18H23N3O4. The second kappa shape index (κ2) is 7.63. The van der Waals surface area contributed by atoms with Gasteiger partial charge in [-0.1, -0.05) is 6.07 Å². The number of hydrogen-bond donors (Lipinski definition) is 2. The van der Waals surface area contributed by atoms with Gasteiger partial charge >= 0.3 is 5.97 Å². The van der Waals surface area contributed by atoms with Crippen LogP contribution in [0.15, 0.2) is 24.5 Å². The van der Waals surface area contributed by atoms with Crippen LogP contribution in [-0.2, 0) is 20.9 Å². The van der Waals surface area contributed by atoms with Crippen LogP contribution >= 0.6 is 0 Å². The smallest absolute Gasteiger partial charge is 0.306 e. The fourth-order valence-electron chi connectivity index (χ4n) is 3.62. The summed E-state index contributed by atoms with van der Waals surface area (Å²) in [6, 6.07) is 3.76. The highest BCUT2D eigenvalue weighted by Crippen LogP contribution is 2.26. The molecule has 2 amide bonds. The summed E-state index contributed by atoms with van der Waals surface area (Å²) in [4.78, 5) is 41.3. The van der Waals surface area contributed by atoms with E-state index in [9.17, 15) is 14.4 Å². The number of hydrogen-bond acceptors (Lipinski definition) is 4. The van der Waals surface area contributed by atoms with Crippen molar-refractivity contribution < 1.29 is 19.5 Å². The number of aliphatic carboxylic acids is 1. The molecule has 134 valence electrons. The van der Waals surface area contributed by atoms with Crippen molar-refractivity contribution in [3.8, 4) is 0 Å². The van der Waals surface area contributed by atoms with E-state index in [1.807, 2.05) is 12.1 Å². The van der Waals surface area contributed by atoms with E-state index in [2.05, 4.69) is 10.3 Å². The van der Waals surface area contributed by atoms with E-state index in [0.29, 0.717) is 38.8 Å². The van der Waals surface area contributed by atoms with Crippen molar-refractivity contribution in [2.75, 3.05) is 6.54 Å². The first-order valence-corrected chi connectivity index (χ1v) is 8.73. The topological polar surface area (TPSA) is 99.6 Å². The highest BCUT2D eigenvalue weighted by Gasteiger charge is 2.35. The molecule has 2 heterocycles. The van der Waals surface area contributed by atoms with E-state index in [1.165, 1.54) is 0 Å². The van der Waals surface area contributed by atoms with Crippen LogP contribution in [0.5, 0.6) is 0 Å². The van der Waals surface area contributed by atoms with E-state index in [0.717, 1.165) is 5.56 Å². The molecule has 7 heteroatoms. The number of nitrogens with one attached hydrogen (secondary N) is 1. The fraction of sp³-hybridized carbons (Fsp3) is 0.556. The number of aromatic nitrogens is 1. The van der Waals surface area contributed by atoms with Crippen LogP contribution in [0.3, 0.4) is 0 Å². The summed E-state index contributed by atoms with van der Waals surface area (Å²) < 4.78 is 0. The molecule has 1 saturated carbocycles. The molecule has 2 fully saturated rings. The normalized spacial score (nSPS) is 26.5. The standard InChI is InChI=1S/C18H23N3O4/c22-16-8-14(11-21(16)10-12-2-1-7-19-9-12)17(23)20-15-5-3-13(4-6-15)18(24)25/h1-2,7,9,13-15H,3-6,8,10-11H2,(H,20,23)(H,24,25). The molecule has 2 N–H and O–H groups in total. The van der Waals surface area contributed by atoms with Crippen molar-refractivity contribution in [2.45, 2.75) is 44.7 Å². The molecule has 25 heavy (non-hydrogen) atoms. The number of carboxylic acid groups (broad SMARTS) is 1. The summed E-state index contributed by atoms with van der Waals surface area (Å²) in [5, 5.41) is 12.0. The molecular weight excluding hydrogens is 322 g/mol. The highest BCUT2D eigenvalue weighted by atomic mass is 16.4. The lowest BCUT2D eigenvalue weighted by Gasteiger charge is -2.27. The number of nitrogens with zero attached hydrogens (tertiary/aromatic N) is 2. The van der Waals surface area contributed by atoms with Gasteiger partial charge in [0.05, 0.1) is 11.8 Å². The van der Waals surface area contributed by atoms with Gasteiger partial charge in [0.25, 0.3) is 0 Å². The van der Waals surface area contributed by atoms with Crippen LogP contribution in [-0.4, -0.2) is 45.4 Å². The fourth-order valence-corrected chi connectivity index (χ4v) is 3.62. The molecule has 1 saturated heterocycles. The maximum absolute atomic E-state index is 12.5. The molecule has 1 aromatic rings. The van der Waals surface area contributed by atoms with Crippen molar-refractivity contribution in [3.05, 3.63) is 30.1 Å². The van der Waals surface area contributed by atoms with Gasteiger partial charge in [-0.2, -0.15) is 0 Å². The van der Waals surface area contributed by atoms with Crippen molar-refractivity contribution in [3.63, 3.8) is 0 Å². The van der Waals surface area contributed by atoms with Crippen molar-refractivity contribution in [1.29, 1.82) is 0 Å². The van der Waals surface area contributed by atoms with E-state index < -0.39 is 5.97 Å². The number of rotatable bonds is 5. The third kappa shape index (κ3) is 4.35. The zero-order valence-corrected chi connectivity index (χ0v) is 14.1. The summed E-state index contributed by atoms with van der Waals surface area (Å²) in [6.07, 6.45) is 6.20. The molecule has 1 unspecified atom stereocenters. The lowest BCUT2D eigenvalue weighted by molar-refractivity contribution is -0.143. The second-order valence-electron chi connectivity index (χ2n) is 6.93. The second-order valence-corrected chi connectivity index (χ2v) is 6.93. The number of carbonyl (C=O) groups excluding carboxylic acids is 2. The monoisotopic (exact) mass is 345 g/mol. The van der Waals surface area contributed by atoms with E-state index in [4.69, 9.17) is 5.11 Å². The predicted octanol–water partition coefficient (Wildman–Crippen LogP) is 1.19. The maximum atomic E-state index is 12.5. The van der Waals surface area contributed by atoms with Crippen molar-refractivity contribution in [1.82, 2.24) is 15.2 Å². The van der Waals surface area contributed by atoms with Crippen LogP contribution in [0.1, 0.15) is 37.7 Å². The number of carboxylic acids is 1. The van der Waals surface area contributed by atoms with Gasteiger partial charge in [0, 0.05) is 37.9 Å². The lowest BCUT2D eigenvalue weighted by Crippen LogP contribution is -2.42. The number of pyridine rings is 1. The zero-order chi connectivity index (χ0) is 17.8. The van der Waals surface area contributed by atoms with Crippen LogP contribution in [0, 0.1) is 11.8 Å². The third-order valence-electron chi connectivity index (χ3n) is 5.10. The zero-order valence-electron chi connectivity index (χ0n) is 14.1. The van der Waals surface area contributed by atoms with Gasteiger partial charge in [-0.15, -0.1) is 0 Å². The molecule has 0 spiro atoms. The first-order chi connectivity index (χ1) is 12.0. The van der Waals surface area contributed by atoms with E-state index >= 15 is 0 Å². The summed E-state index contributed by atoms with van der Waals surface area (Å²) in [7, 11) is 0. The van der Waals surface area contributed by atoms with Gasteiger partial charge in [-0.05, 0) is 37.3 Å². The molecule has 1 aromatic heterocycles. The molecule has 3 rings (SSSR count). The van der Waals surface area contributed by atoms with Gasteiger partial charge in [-0.25, -0.2) is 0 Å². The third-order valence-corrected chi connectivity index (χ3v) is 5.10. The molecule has 1 atom stereocenters. The first kappa shape index (κ1) is 17.4. The van der Waals surface area contributed by atoms with Gasteiger partial charge < -0.3 is 15.3 Å². The minimum absolute atomic E-state index is 0.0152. The average Bonchev–Trinajstić information content (AvgIpc) is 2.97. The summed E-state index contributed by atoms with van der Waals surface area (Å²) in [5.41, 5.74) is 0.948. The number of carbonyl (C=O) groups is 3. The van der Waals surface area contributed by atoms with Crippen LogP contribution in [0.4, 0.5) is 0 Å². The van der Waals surface area contributed by atoms with Crippen LogP contribution in [0.25, 0.3) is 0 Å².